The number of hydrogen-bond acceptors (Lipinski definition) is 10. The molecule has 0 amide bonds. The molecule has 20 heteroatoms. The normalized spacial score (nSPS) is 33.4. The Balaban J connectivity index is 0.000000270. The fourth-order valence-corrected chi connectivity index (χ4v) is 37.7. The van der Waals surface area contributed by atoms with Crippen molar-refractivity contribution in [3.63, 3.8) is 0 Å². The van der Waals surface area contributed by atoms with Crippen molar-refractivity contribution in [2.24, 2.45) is 0 Å². The van der Waals surface area contributed by atoms with Gasteiger partial charge in [0.25, 0.3) is 0 Å². The van der Waals surface area contributed by atoms with E-state index in [0.29, 0.717) is 48.3 Å². The minimum absolute atomic E-state index is 0.0809. The Labute approximate surface area is 884 Å². The summed E-state index contributed by atoms with van der Waals surface area (Å²) in [6.45, 7) is 153. The van der Waals surface area contributed by atoms with Crippen molar-refractivity contribution in [2.45, 2.75) is 560 Å². The van der Waals surface area contributed by atoms with Crippen LogP contribution in [0.3, 0.4) is 0 Å². The standard InChI is InChI=1S/C27H58N4.2C25H54N4.C23H50N4.C21H46N4/c1-11-19-25-22-30(15-5,16-6)27(29(25)24(10)14-4)28(23(9)13-3)21-26(20-12-2)31(27,17-7)18-8;1-11-21(9)26-19-24(14-4)29(17-7,18-8)25(26)27(22(10)12-2)23(13-3)20-28(25,15-5)16-6;1-9-17-23-22-28(13-5,14-6)25(27(23)20-12-4)26(19-11-3)21-24(18-10-2)29(25,15-7)16-8;1-9-17-24-19-22(12-4)27(15-7,16-8)23(24)25(18-10-2)21(11-3)20-26(23,13-5)14-6;1-9-15-22-17-20(8)25(13-5,14-6)21(22)23(16-10-2)19(7)18-24(21,11-3)12-4/h23-26H,11-22H2,1-10H3;21-24H,11-20H2,1-10H3;23-24H,9-22H2,1-8H3;21-22H,9-20H2,1-8H3;19-20H,9-18H2,1-8H3/q5*+2. The van der Waals surface area contributed by atoms with E-state index < -0.39 is 0 Å². The average molecular weight is 2000 g/mol. The molecule has 141 heavy (non-hydrogen) atoms. The van der Waals surface area contributed by atoms with Crippen LogP contribution >= 0.6 is 0 Å². The highest BCUT2D eigenvalue weighted by molar-refractivity contribution is 5.04. The summed E-state index contributed by atoms with van der Waals surface area (Å²) in [5.41, 5.74) is 0. The highest BCUT2D eigenvalue weighted by Crippen LogP contribution is 2.62. The van der Waals surface area contributed by atoms with Crippen LogP contribution in [0.15, 0.2) is 0 Å². The van der Waals surface area contributed by atoms with Gasteiger partial charge in [0.1, 0.15) is 62.9 Å². The highest BCUT2D eigenvalue weighted by Gasteiger charge is 2.87. The summed E-state index contributed by atoms with van der Waals surface area (Å²) in [6, 6.07) is 9.72. The summed E-state index contributed by atoms with van der Waals surface area (Å²) in [4.78, 5) is 30.3. The number of nitrogens with zero attached hydrogens (tertiary/aromatic N) is 20. The molecule has 0 N–H and O–H groups in total. The Hall–Kier alpha value is -0.800. The summed E-state index contributed by atoms with van der Waals surface area (Å²) in [6.07, 6.45) is 28.3. The van der Waals surface area contributed by atoms with Gasteiger partial charge in [0.2, 0.25) is 0 Å². The first-order chi connectivity index (χ1) is 67.5. The number of likely N-dealkylation sites (N-methyl/N-ethyl adjacent to an activating group) is 10. The van der Waals surface area contributed by atoms with Crippen LogP contribution in [0.4, 0.5) is 0 Å². The van der Waals surface area contributed by atoms with E-state index in [1.807, 2.05) is 0 Å². The predicted octanol–water partition coefficient (Wildman–Crippen LogP) is 23.9. The van der Waals surface area contributed by atoms with Gasteiger partial charge in [0.05, 0.1) is 194 Å². The van der Waals surface area contributed by atoms with Gasteiger partial charge in [-0.1, -0.05) is 150 Å². The van der Waals surface area contributed by atoms with E-state index in [9.17, 15) is 0 Å². The zero-order valence-electron chi connectivity index (χ0n) is 105. The van der Waals surface area contributed by atoms with Crippen LogP contribution < -0.4 is 0 Å². The lowest BCUT2D eigenvalue weighted by molar-refractivity contribution is -1.18. The van der Waals surface area contributed by atoms with Gasteiger partial charge in [-0.15, -0.1) is 0 Å². The maximum atomic E-state index is 3.12. The minimum atomic E-state index is 0.0809. The molecule has 836 valence electrons. The molecule has 5 spiro atoms. The number of rotatable bonds is 52. The van der Waals surface area contributed by atoms with Crippen LogP contribution in [0.5, 0.6) is 0 Å². The van der Waals surface area contributed by atoms with E-state index in [2.05, 4.69) is 354 Å². The summed E-state index contributed by atoms with van der Waals surface area (Å²) >= 11 is 0. The first-order valence-corrected chi connectivity index (χ1v) is 63.8. The van der Waals surface area contributed by atoms with Gasteiger partial charge in [0.15, 0.2) is 0 Å². The molecule has 19 atom stereocenters. The van der Waals surface area contributed by atoms with E-state index in [1.54, 1.807) is 0 Å². The molecule has 10 rings (SSSR count). The Morgan fingerprint density at radius 1 is 0.220 bits per heavy atom. The van der Waals surface area contributed by atoms with Crippen LogP contribution in [0.2, 0.25) is 0 Å². The molecule has 0 aromatic rings. The van der Waals surface area contributed by atoms with E-state index in [0.717, 1.165) is 36.3 Å². The van der Waals surface area contributed by atoms with Gasteiger partial charge in [-0.2, -0.15) is 49.0 Å². The van der Waals surface area contributed by atoms with Gasteiger partial charge in [-0.3, -0.25) is 0 Å². The van der Waals surface area contributed by atoms with E-state index >= 15 is 0 Å². The number of hydrogen-bond donors (Lipinski definition) is 0. The van der Waals surface area contributed by atoms with Crippen molar-refractivity contribution in [1.29, 1.82) is 0 Å². The second-order valence-electron chi connectivity index (χ2n) is 47.9. The van der Waals surface area contributed by atoms with Crippen molar-refractivity contribution in [3.8, 4) is 0 Å². The molecule has 0 saturated carbocycles. The molecule has 0 aliphatic carbocycles. The molecule has 19 unspecified atom stereocenters. The van der Waals surface area contributed by atoms with Crippen LogP contribution in [-0.2, 0) is 0 Å². The topological polar surface area (TPSA) is 32.4 Å². The summed E-state index contributed by atoms with van der Waals surface area (Å²) in [7, 11) is 0. The molecule has 10 heterocycles. The summed E-state index contributed by atoms with van der Waals surface area (Å²) in [5.74, 6) is 0.577. The van der Waals surface area contributed by atoms with E-state index in [4.69, 9.17) is 0 Å². The fourth-order valence-electron chi connectivity index (χ4n) is 37.7. The van der Waals surface area contributed by atoms with Gasteiger partial charge in [-0.25, -0.2) is 44.8 Å². The van der Waals surface area contributed by atoms with Crippen LogP contribution in [0, 0.1) is 0 Å². The Morgan fingerprint density at radius 3 is 0.809 bits per heavy atom. The first kappa shape index (κ1) is 129. The number of quaternary nitrogens is 10. The van der Waals surface area contributed by atoms with Crippen molar-refractivity contribution >= 4 is 0 Å². The van der Waals surface area contributed by atoms with Crippen molar-refractivity contribution in [2.75, 3.05) is 236 Å². The van der Waals surface area contributed by atoms with Crippen molar-refractivity contribution < 1.29 is 44.8 Å². The molecule has 10 saturated heterocycles. The summed E-state index contributed by atoms with van der Waals surface area (Å²) < 4.78 is 12.7. The monoisotopic (exact) mass is 2000 g/mol. The molecule has 10 aliphatic heterocycles. The average Bonchev–Trinajstić information content (AvgIpc) is 1.49. The summed E-state index contributed by atoms with van der Waals surface area (Å²) in [5, 5.41) is 0. The lowest BCUT2D eigenvalue weighted by atomic mass is 10.1. The Kier molecular flexibility index (Phi) is 50.6. The third-order valence-electron chi connectivity index (χ3n) is 44.2. The van der Waals surface area contributed by atoms with Crippen LogP contribution in [0.1, 0.15) is 446 Å². The third-order valence-corrected chi connectivity index (χ3v) is 44.2. The van der Waals surface area contributed by atoms with Gasteiger partial charge in [-0.05, 0) is 283 Å². The zero-order valence-corrected chi connectivity index (χ0v) is 105. The van der Waals surface area contributed by atoms with E-state index in [1.165, 1.54) is 422 Å². The molecule has 0 aromatic heterocycles. The molecular formula is C121H262N20+10. The zero-order chi connectivity index (χ0) is 106. The van der Waals surface area contributed by atoms with Crippen molar-refractivity contribution in [3.05, 3.63) is 0 Å². The van der Waals surface area contributed by atoms with E-state index in [-0.39, 0.29) is 29.6 Å². The van der Waals surface area contributed by atoms with Crippen LogP contribution in [-0.4, -0.2) is 444 Å². The second-order valence-corrected chi connectivity index (χ2v) is 47.9. The molecule has 10 aliphatic rings. The molecule has 20 nitrogen and oxygen atoms in total. The smallest absolute Gasteiger partial charge is 0.242 e. The molecule has 10 fully saturated rings. The fraction of sp³-hybridized carbons (Fsp3) is 1.00. The maximum Gasteiger partial charge on any atom is 0.357 e. The van der Waals surface area contributed by atoms with Gasteiger partial charge >= 0.3 is 29.6 Å². The molecule has 0 bridgehead atoms. The minimum Gasteiger partial charge on any atom is -0.242 e. The first-order valence-electron chi connectivity index (χ1n) is 63.8. The van der Waals surface area contributed by atoms with Gasteiger partial charge in [0, 0.05) is 76.3 Å². The van der Waals surface area contributed by atoms with Gasteiger partial charge < -0.3 is 0 Å². The van der Waals surface area contributed by atoms with Crippen LogP contribution in [0.25, 0.3) is 0 Å². The third kappa shape index (κ3) is 19.5. The Bertz CT molecular complexity index is 3450. The lowest BCUT2D eigenvalue weighted by Crippen LogP contribution is -2.85. The lowest BCUT2D eigenvalue weighted by Gasteiger charge is -2.60. The largest absolute Gasteiger partial charge is 0.357 e. The Morgan fingerprint density at radius 2 is 0.475 bits per heavy atom. The predicted molar refractivity (Wildman–Crippen MR) is 614 cm³/mol. The second kappa shape index (κ2) is 55.3. The maximum absolute atomic E-state index is 3.12. The molecule has 0 aromatic carbocycles. The molecule has 0 radical (unpaired) electrons. The highest BCUT2D eigenvalue weighted by atomic mass is 15.9. The van der Waals surface area contributed by atoms with Crippen molar-refractivity contribution in [1.82, 2.24) is 49.0 Å². The molecular weight excluding hydrogens is 1730 g/mol. The quantitative estimate of drug-likeness (QED) is 0.0549. The SMILES string of the molecule is CCC(C)N1CC(CC)[N+](CC)(CC)C12N(C(C)CC)C(CC)C[N+]2(CC)CC.CCCC1C[N+](CC)(CC)C2(N(C(C)CC)CC(CCC)[N+]2(CC)CC)N1C(C)CC.CCCC1C[N+](CC)(CC)C2(N(CCC)CC(CCC)[N+]2(CC)CC)N1CCC.CCCN1CC(C)[N+](CC)(CC)C12N(CCC)C(C)C[N+]2(CC)CC.CCCN1CC(CC)[N+](CC)(CC)C12N(CCC)C(CC)C[N+]2(CC)CC.